The minimum absolute atomic E-state index is 0.0613. The second kappa shape index (κ2) is 7.26. The van der Waals surface area contributed by atoms with Gasteiger partial charge in [-0.3, -0.25) is 4.79 Å². The number of thioether (sulfide) groups is 1. The van der Waals surface area contributed by atoms with Crippen molar-refractivity contribution in [2.75, 3.05) is 12.5 Å². The first-order chi connectivity index (χ1) is 14.1. The number of aryl methyl sites for hydroxylation is 1. The monoisotopic (exact) mass is 411 g/mol. The Bertz CT molecular complexity index is 1080. The van der Waals surface area contributed by atoms with Gasteiger partial charge in [0.1, 0.15) is 0 Å². The van der Waals surface area contributed by atoms with Crippen molar-refractivity contribution in [2.45, 2.75) is 44.4 Å². The van der Waals surface area contributed by atoms with Crippen molar-refractivity contribution in [3.63, 3.8) is 0 Å². The van der Waals surface area contributed by atoms with Gasteiger partial charge in [-0.1, -0.05) is 17.8 Å². The standard InChI is InChI=1S/C21H21N3O4S/c1-12-7-16(17(25)10-29-21-23-22-20(28-21)15-4-5-15)13(2)24(12)9-14-3-6-18-19(8-14)27-11-26-18/h3,6-8,15H,4-5,9-11H2,1-2H3. The highest BCUT2D eigenvalue weighted by Crippen LogP contribution is 2.40. The number of carbonyl (C=O) groups is 1. The minimum Gasteiger partial charge on any atom is -0.454 e. The van der Waals surface area contributed by atoms with Crippen molar-refractivity contribution in [2.24, 2.45) is 0 Å². The number of Topliss-reactive ketones (excluding diaryl/α,β-unsaturated/α-hetero) is 1. The Hall–Kier alpha value is -2.74. The van der Waals surface area contributed by atoms with E-state index in [0.717, 1.165) is 46.9 Å². The summed E-state index contributed by atoms with van der Waals surface area (Å²) in [6.45, 7) is 4.93. The zero-order valence-corrected chi connectivity index (χ0v) is 17.1. The smallest absolute Gasteiger partial charge is 0.277 e. The van der Waals surface area contributed by atoms with E-state index in [1.54, 1.807) is 0 Å². The van der Waals surface area contributed by atoms with E-state index in [1.165, 1.54) is 11.8 Å². The molecule has 0 unspecified atom stereocenters. The number of ketones is 1. The van der Waals surface area contributed by atoms with Crippen LogP contribution in [0.4, 0.5) is 0 Å². The van der Waals surface area contributed by atoms with Crippen LogP contribution in [0.25, 0.3) is 0 Å². The van der Waals surface area contributed by atoms with Crippen molar-refractivity contribution in [3.05, 3.63) is 52.7 Å². The second-order valence-corrected chi connectivity index (χ2v) is 8.38. The maximum Gasteiger partial charge on any atom is 0.277 e. The number of fused-ring (bicyclic) bond motifs is 1. The molecule has 5 rings (SSSR count). The van der Waals surface area contributed by atoms with Gasteiger partial charge < -0.3 is 18.5 Å². The van der Waals surface area contributed by atoms with Crippen LogP contribution in [-0.4, -0.2) is 33.1 Å². The van der Waals surface area contributed by atoms with Gasteiger partial charge in [0.25, 0.3) is 5.22 Å². The van der Waals surface area contributed by atoms with Gasteiger partial charge in [-0.2, -0.15) is 0 Å². The summed E-state index contributed by atoms with van der Waals surface area (Å²) in [7, 11) is 0. The Balaban J connectivity index is 1.28. The van der Waals surface area contributed by atoms with E-state index in [1.807, 2.05) is 38.1 Å². The van der Waals surface area contributed by atoms with Crippen LogP contribution in [0.15, 0.2) is 33.9 Å². The summed E-state index contributed by atoms with van der Waals surface area (Å²) in [5.41, 5.74) is 3.83. The molecule has 7 nitrogen and oxygen atoms in total. The third-order valence-electron chi connectivity index (χ3n) is 5.33. The summed E-state index contributed by atoms with van der Waals surface area (Å²) >= 11 is 1.30. The molecule has 0 N–H and O–H groups in total. The Labute approximate surface area is 172 Å². The van der Waals surface area contributed by atoms with Gasteiger partial charge in [-0.05, 0) is 50.5 Å². The molecule has 0 atom stereocenters. The molecule has 0 bridgehead atoms. The van der Waals surface area contributed by atoms with E-state index in [2.05, 4.69) is 14.8 Å². The molecule has 3 aromatic rings. The summed E-state index contributed by atoms with van der Waals surface area (Å²) in [4.78, 5) is 12.8. The molecule has 1 saturated carbocycles. The average molecular weight is 411 g/mol. The number of nitrogens with zero attached hydrogens (tertiary/aromatic N) is 3. The van der Waals surface area contributed by atoms with Crippen LogP contribution in [0.2, 0.25) is 0 Å². The molecular formula is C21H21N3O4S. The van der Waals surface area contributed by atoms with Crippen molar-refractivity contribution in [1.29, 1.82) is 0 Å². The lowest BCUT2D eigenvalue weighted by molar-refractivity contribution is 0.102. The summed E-state index contributed by atoms with van der Waals surface area (Å²) < 4.78 is 18.6. The van der Waals surface area contributed by atoms with Gasteiger partial charge >= 0.3 is 0 Å². The minimum atomic E-state index is 0.0613. The number of rotatable bonds is 7. The van der Waals surface area contributed by atoms with Gasteiger partial charge in [0.2, 0.25) is 12.7 Å². The van der Waals surface area contributed by atoms with E-state index in [0.29, 0.717) is 23.6 Å². The summed E-state index contributed by atoms with van der Waals surface area (Å²) in [6, 6.07) is 7.89. The predicted octanol–water partition coefficient (Wildman–Crippen LogP) is 4.12. The lowest BCUT2D eigenvalue weighted by Crippen LogP contribution is -2.07. The lowest BCUT2D eigenvalue weighted by Gasteiger charge is -2.10. The molecule has 0 spiro atoms. The molecule has 29 heavy (non-hydrogen) atoms. The van der Waals surface area contributed by atoms with Crippen LogP contribution in [0, 0.1) is 13.8 Å². The molecule has 3 heterocycles. The lowest BCUT2D eigenvalue weighted by atomic mass is 10.1. The van der Waals surface area contributed by atoms with Crippen LogP contribution in [0.1, 0.15) is 52.0 Å². The fourth-order valence-electron chi connectivity index (χ4n) is 3.53. The topological polar surface area (TPSA) is 79.4 Å². The summed E-state index contributed by atoms with van der Waals surface area (Å²) in [5, 5.41) is 8.57. The molecule has 1 aromatic carbocycles. The third-order valence-corrected chi connectivity index (χ3v) is 6.15. The van der Waals surface area contributed by atoms with Crippen molar-refractivity contribution < 1.29 is 18.7 Å². The van der Waals surface area contributed by atoms with E-state index in [9.17, 15) is 4.79 Å². The molecule has 8 heteroatoms. The van der Waals surface area contributed by atoms with Crippen LogP contribution in [-0.2, 0) is 6.54 Å². The number of benzene rings is 1. The molecule has 0 radical (unpaired) electrons. The van der Waals surface area contributed by atoms with Crippen molar-refractivity contribution in [3.8, 4) is 11.5 Å². The van der Waals surface area contributed by atoms with Crippen molar-refractivity contribution >= 4 is 17.5 Å². The number of aromatic nitrogens is 3. The number of hydrogen-bond donors (Lipinski definition) is 0. The van der Waals surface area contributed by atoms with Crippen LogP contribution < -0.4 is 9.47 Å². The molecule has 1 aliphatic heterocycles. The highest BCUT2D eigenvalue weighted by molar-refractivity contribution is 7.99. The van der Waals surface area contributed by atoms with E-state index in [-0.39, 0.29) is 18.3 Å². The number of carbonyl (C=O) groups excluding carboxylic acids is 1. The molecule has 150 valence electrons. The van der Waals surface area contributed by atoms with Crippen LogP contribution in [0.5, 0.6) is 11.5 Å². The maximum absolute atomic E-state index is 12.8. The predicted molar refractivity (Wildman–Crippen MR) is 107 cm³/mol. The van der Waals surface area contributed by atoms with Crippen molar-refractivity contribution in [1.82, 2.24) is 14.8 Å². The van der Waals surface area contributed by atoms with Crippen LogP contribution >= 0.6 is 11.8 Å². The molecule has 0 amide bonds. The zero-order chi connectivity index (χ0) is 20.0. The molecule has 0 saturated heterocycles. The fraction of sp³-hybridized carbons (Fsp3) is 0.381. The SMILES string of the molecule is Cc1cc(C(=O)CSc2nnc(C3CC3)o2)c(C)n1Cc1ccc2c(c1)OCO2. The molecule has 1 aliphatic carbocycles. The first-order valence-corrected chi connectivity index (χ1v) is 10.6. The fourth-order valence-corrected chi connectivity index (χ4v) is 4.18. The second-order valence-electron chi connectivity index (χ2n) is 7.45. The number of ether oxygens (including phenoxy) is 2. The Morgan fingerprint density at radius 2 is 2.00 bits per heavy atom. The average Bonchev–Trinajstić information content (AvgIpc) is 3.16. The van der Waals surface area contributed by atoms with E-state index < -0.39 is 0 Å². The molecular weight excluding hydrogens is 390 g/mol. The van der Waals surface area contributed by atoms with Gasteiger partial charge in [0.15, 0.2) is 17.3 Å². The summed E-state index contributed by atoms with van der Waals surface area (Å²) in [5.74, 6) is 2.99. The van der Waals surface area contributed by atoms with Gasteiger partial charge in [0, 0.05) is 29.4 Å². The highest BCUT2D eigenvalue weighted by atomic mass is 32.2. The van der Waals surface area contributed by atoms with Crippen LogP contribution in [0.3, 0.4) is 0 Å². The van der Waals surface area contributed by atoms with Gasteiger partial charge in [-0.15, -0.1) is 10.2 Å². The maximum atomic E-state index is 12.8. The normalized spacial score (nSPS) is 15.1. The largest absolute Gasteiger partial charge is 0.454 e. The molecule has 2 aromatic heterocycles. The summed E-state index contributed by atoms with van der Waals surface area (Å²) in [6.07, 6.45) is 2.22. The quantitative estimate of drug-likeness (QED) is 0.427. The van der Waals surface area contributed by atoms with E-state index >= 15 is 0 Å². The highest BCUT2D eigenvalue weighted by Gasteiger charge is 2.29. The first-order valence-electron chi connectivity index (χ1n) is 9.63. The van der Waals surface area contributed by atoms with Gasteiger partial charge in [-0.25, -0.2) is 0 Å². The Morgan fingerprint density at radius 3 is 2.83 bits per heavy atom. The first kappa shape index (κ1) is 18.3. The number of hydrogen-bond acceptors (Lipinski definition) is 7. The van der Waals surface area contributed by atoms with E-state index in [4.69, 9.17) is 13.9 Å². The Morgan fingerprint density at radius 1 is 1.17 bits per heavy atom. The third kappa shape index (κ3) is 3.64. The zero-order valence-electron chi connectivity index (χ0n) is 16.3. The van der Waals surface area contributed by atoms with Gasteiger partial charge in [0.05, 0.1) is 5.75 Å². The molecule has 1 fully saturated rings. The molecule has 2 aliphatic rings. The Kier molecular flexibility index (Phi) is 4.58.